The van der Waals surface area contributed by atoms with Crippen LogP contribution in [0.25, 0.3) is 0 Å². The number of carboxylic acid groups (broad SMARTS) is 1. The number of halogens is 1. The summed E-state index contributed by atoms with van der Waals surface area (Å²) in [7, 11) is 7.09. The molecular weight excluding hydrogens is 1880 g/mol. The zero-order chi connectivity index (χ0) is 102. The minimum Gasteiger partial charge on any atom is -0.507 e. The van der Waals surface area contributed by atoms with E-state index < -0.39 is 116 Å². The molecule has 0 saturated heterocycles. The molecule has 0 unspecified atom stereocenters. The van der Waals surface area contributed by atoms with Gasteiger partial charge < -0.3 is 110 Å². The number of benzene rings is 7. The molecule has 754 valence electrons. The van der Waals surface area contributed by atoms with E-state index in [4.69, 9.17) is 99.8 Å². The second-order valence-electron chi connectivity index (χ2n) is 30.1. The minimum absolute atomic E-state index is 0.000206. The Labute approximate surface area is 811 Å². The molecule has 0 radical (unpaired) electrons. The molecule has 41 heteroatoms. The summed E-state index contributed by atoms with van der Waals surface area (Å²) in [5.74, 6) is -10.9. The molecule has 0 atom stereocenters. The number of carbonyl (C=O) groups is 14. The predicted octanol–water partition coefficient (Wildman–Crippen LogP) is 13.3. The first kappa shape index (κ1) is 114. The summed E-state index contributed by atoms with van der Waals surface area (Å²) in [5.41, 5.74) is -0.138. The van der Waals surface area contributed by atoms with Crippen LogP contribution in [-0.4, -0.2) is 234 Å². The first-order valence-electron chi connectivity index (χ1n) is 43.8. The van der Waals surface area contributed by atoms with Gasteiger partial charge in [-0.1, -0.05) is 19.7 Å². The Morgan fingerprint density at radius 1 is 0.307 bits per heavy atom. The van der Waals surface area contributed by atoms with Crippen LogP contribution in [0.3, 0.4) is 0 Å². The maximum atomic E-state index is 13.5. The Morgan fingerprint density at radius 3 is 0.786 bits per heavy atom. The quantitative estimate of drug-likeness (QED) is 0.00796. The third-order valence-electron chi connectivity index (χ3n) is 19.8. The van der Waals surface area contributed by atoms with Gasteiger partial charge in [-0.2, -0.15) is 0 Å². The number of aromatic hydroxyl groups is 2. The normalized spacial score (nSPS) is 13.9. The summed E-state index contributed by atoms with van der Waals surface area (Å²) in [6.07, 6.45) is 10.6. The molecule has 39 nitrogen and oxygen atoms in total. The first-order chi connectivity index (χ1) is 67.2. The van der Waals surface area contributed by atoms with Gasteiger partial charge in [0.05, 0.1) is 113 Å². The van der Waals surface area contributed by atoms with Gasteiger partial charge >= 0.3 is 83.6 Å². The number of rotatable bonds is 50. The van der Waals surface area contributed by atoms with Crippen LogP contribution in [0.1, 0.15) is 162 Å². The molecular formula is C99H111ClO39S. The lowest BCUT2D eigenvalue weighted by atomic mass is 9.82. The Balaban J connectivity index is 0.000000385. The number of unbranched alkanes of at least 4 members (excludes halogenated alkanes) is 3. The fraction of sp³-hybridized carbons (Fsp3) is 0.374. The molecule has 2 saturated carbocycles. The van der Waals surface area contributed by atoms with Crippen molar-refractivity contribution >= 4 is 103 Å². The smallest absolute Gasteiger partial charge is 0.343 e. The van der Waals surface area contributed by atoms with Gasteiger partial charge in [0.25, 0.3) is 0 Å². The number of esters is 13. The Kier molecular flexibility index (Phi) is 50.8. The zero-order valence-electron chi connectivity index (χ0n) is 77.6. The Morgan fingerprint density at radius 2 is 0.536 bits per heavy atom. The van der Waals surface area contributed by atoms with Gasteiger partial charge in [-0.3, -0.25) is 19.2 Å². The molecule has 0 spiro atoms. The van der Waals surface area contributed by atoms with Crippen LogP contribution in [0.2, 0.25) is 0 Å². The van der Waals surface area contributed by atoms with Crippen LogP contribution in [0, 0.1) is 23.7 Å². The molecule has 2 aliphatic carbocycles. The largest absolute Gasteiger partial charge is 0.507 e. The molecule has 2 aliphatic rings. The van der Waals surface area contributed by atoms with E-state index in [-0.39, 0.29) is 177 Å². The topological polar surface area (TPSA) is 518 Å². The average molecular weight is 1990 g/mol. The number of carbonyl (C=O) groups excluding carboxylic acids is 13. The third kappa shape index (κ3) is 42.6. The van der Waals surface area contributed by atoms with E-state index in [0.717, 1.165) is 30.9 Å². The first-order valence-corrected chi connectivity index (χ1v) is 46.5. The van der Waals surface area contributed by atoms with Crippen LogP contribution >= 0.6 is 10.7 Å². The van der Waals surface area contributed by atoms with Crippen molar-refractivity contribution in [3.8, 4) is 63.2 Å². The highest BCUT2D eigenvalue weighted by molar-refractivity contribution is 8.13. The maximum absolute atomic E-state index is 13.5. The molecule has 3 N–H and O–H groups in total. The molecule has 7 aromatic carbocycles. The highest BCUT2D eigenvalue weighted by Gasteiger charge is 2.36. The van der Waals surface area contributed by atoms with Crippen molar-refractivity contribution in [1.29, 1.82) is 0 Å². The van der Waals surface area contributed by atoms with Gasteiger partial charge in [-0.05, 0) is 235 Å². The number of phenolic OH excluding ortho intramolecular Hbond substituents is 2. The van der Waals surface area contributed by atoms with Crippen molar-refractivity contribution in [2.45, 2.75) is 89.9 Å². The zero-order valence-corrected chi connectivity index (χ0v) is 79.2. The van der Waals surface area contributed by atoms with Crippen LogP contribution in [0.15, 0.2) is 184 Å². The monoisotopic (exact) mass is 1990 g/mol. The third-order valence-corrected chi connectivity index (χ3v) is 19.8. The summed E-state index contributed by atoms with van der Waals surface area (Å²) in [6, 6.07) is 33.9. The van der Waals surface area contributed by atoms with Crippen LogP contribution < -0.4 is 42.6 Å². The number of ether oxygens (including phenoxy) is 20. The molecule has 0 heterocycles. The fourth-order valence-electron chi connectivity index (χ4n) is 12.5. The summed E-state index contributed by atoms with van der Waals surface area (Å²) in [4.78, 5) is 173. The molecule has 0 bridgehead atoms. The van der Waals surface area contributed by atoms with Crippen molar-refractivity contribution in [3.05, 3.63) is 223 Å². The van der Waals surface area contributed by atoms with Gasteiger partial charge in [0.2, 0.25) is 9.05 Å². The summed E-state index contributed by atoms with van der Waals surface area (Å²) < 4.78 is 124. The van der Waals surface area contributed by atoms with Crippen molar-refractivity contribution in [1.82, 2.24) is 0 Å². The summed E-state index contributed by atoms with van der Waals surface area (Å²) >= 11 is 0. The SMILES string of the molecule is C=CC(=O)OCCCCOc1ccc(C(=O)O)cc1.C=CC(=O)OCCCCOc1ccc(C(=O)Oc2ccc(OC(=O)C3CCC(C(=O)Oc4ccc(OC(=O)c5ccc(OCCCCOC(=O)C=C)cc5)c(C(=O)OCCOC)c4)CC3)cc2C(=O)OCCOC)cc1.COCCOC(=O)c1cc(OC(=O)C2CCC(C(=O)Oc3ccc(O)c(C(=O)OCCOC)c3)CC2)ccc1O.CS(=O)(=O)Cl. The molecule has 140 heavy (non-hydrogen) atoms. The summed E-state index contributed by atoms with van der Waals surface area (Å²) in [5, 5.41) is 28.7. The Hall–Kier alpha value is -14.6. The number of methoxy groups -OCH3 is 4. The molecule has 2 fully saturated rings. The van der Waals surface area contributed by atoms with Gasteiger partial charge in [-0.25, -0.2) is 56.4 Å². The second-order valence-corrected chi connectivity index (χ2v) is 33.1. The number of hydrogen-bond acceptors (Lipinski definition) is 38. The molecule has 0 aliphatic heterocycles. The van der Waals surface area contributed by atoms with E-state index in [2.05, 4.69) is 30.4 Å². The van der Waals surface area contributed by atoms with Crippen molar-refractivity contribution in [2.75, 3.05) is 127 Å². The highest BCUT2D eigenvalue weighted by Crippen LogP contribution is 2.37. The molecule has 0 amide bonds. The van der Waals surface area contributed by atoms with Gasteiger partial charge in [0.15, 0.2) is 0 Å². The second kappa shape index (κ2) is 62.3. The molecule has 7 aromatic rings. The van der Waals surface area contributed by atoms with Crippen LogP contribution in [0.4, 0.5) is 0 Å². The lowest BCUT2D eigenvalue weighted by Crippen LogP contribution is -2.30. The molecule has 9 rings (SSSR count). The molecule has 0 aromatic heterocycles. The average Bonchev–Trinajstić information content (AvgIpc) is 0.826. The van der Waals surface area contributed by atoms with Crippen molar-refractivity contribution in [3.63, 3.8) is 0 Å². The van der Waals surface area contributed by atoms with Crippen LogP contribution in [-0.2, 0) is 94.7 Å². The Bertz CT molecular complexity index is 5140. The standard InChI is InChI=1S/C56H60O20.C28H32O12.C14H16O5.CH3ClO2S/c1-5-49(57)69-29-9-7-27-67-41-19-15-39(16-20-41)53(61)75-47-25-23-43(35-45(47)55(63)71-33-31-65-3)73-51(59)37-11-13-38(14-12-37)52(60)74-44-24-26-48(46(36-44)56(64)72-34-32-66-4)76-54(62)40-17-21-42(22-18-40)68-28-8-10-30-70-50(58)6-2;1-35-11-13-37-27(33)21-15-19(7-9-23(21)29)39-25(31)17-3-5-18(6-4-17)26(32)40-20-8-10-24(30)22(16-20)28(34)38-14-12-36-2;1-2-13(15)19-10-4-3-9-18-12-7-5-11(6-8-12)14(16)17;1-5(2,3)4/h5-6,15-26,35-38H,1-2,7-14,27-34H2,3-4H3;7-10,15-18,29-30H,3-6,11-14H2,1-2H3;2,5-8H,1,3-4,9-10H2,(H,16,17);1H3. The lowest BCUT2D eigenvalue weighted by Gasteiger charge is -2.26. The van der Waals surface area contributed by atoms with E-state index in [1.165, 1.54) is 138 Å². The van der Waals surface area contributed by atoms with Crippen molar-refractivity contribution < 1.29 is 186 Å². The van der Waals surface area contributed by atoms with E-state index in [1.807, 2.05) is 0 Å². The van der Waals surface area contributed by atoms with Gasteiger partial charge in [0.1, 0.15) is 112 Å². The number of aromatic carboxylic acids is 1. The van der Waals surface area contributed by atoms with Gasteiger partial charge in [-0.15, -0.1) is 0 Å². The van der Waals surface area contributed by atoms with E-state index in [1.54, 1.807) is 36.4 Å². The minimum atomic E-state index is -3.19. The van der Waals surface area contributed by atoms with E-state index in [0.29, 0.717) is 101 Å². The maximum Gasteiger partial charge on any atom is 0.343 e. The fourth-order valence-corrected chi connectivity index (χ4v) is 12.5. The van der Waals surface area contributed by atoms with Crippen molar-refractivity contribution in [2.24, 2.45) is 23.7 Å². The number of hydrogen-bond donors (Lipinski definition) is 3. The predicted molar refractivity (Wildman–Crippen MR) is 496 cm³/mol. The summed E-state index contributed by atoms with van der Waals surface area (Å²) in [6.45, 7) is 12.3. The van der Waals surface area contributed by atoms with Gasteiger partial charge in [0, 0.05) is 57.3 Å². The number of phenols is 2. The van der Waals surface area contributed by atoms with Crippen LogP contribution in [0.5, 0.6) is 63.2 Å². The number of carboxylic acids is 1. The lowest BCUT2D eigenvalue weighted by molar-refractivity contribution is -0.145. The van der Waals surface area contributed by atoms with E-state index >= 15 is 0 Å². The highest BCUT2D eigenvalue weighted by atomic mass is 35.7. The van der Waals surface area contributed by atoms with E-state index in [9.17, 15) is 85.8 Å².